The van der Waals surface area contributed by atoms with Crippen molar-refractivity contribution in [2.75, 3.05) is 13.1 Å². The third-order valence-corrected chi connectivity index (χ3v) is 5.69. The van der Waals surface area contributed by atoms with E-state index in [9.17, 15) is 19.5 Å². The molecule has 32 heavy (non-hydrogen) atoms. The van der Waals surface area contributed by atoms with Gasteiger partial charge in [0, 0.05) is 37.3 Å². The van der Waals surface area contributed by atoms with Crippen molar-refractivity contribution in [1.29, 1.82) is 5.26 Å². The highest BCUT2D eigenvalue weighted by Gasteiger charge is 2.30. The maximum Gasteiger partial charge on any atom is 0.291 e. The molecular weight excluding hydrogens is 412 g/mol. The number of carbonyl (C=O) groups excluding carboxylic acids is 2. The van der Waals surface area contributed by atoms with E-state index in [2.05, 4.69) is 16.5 Å². The average Bonchev–Trinajstić information content (AvgIpc) is 3.26. The van der Waals surface area contributed by atoms with E-state index < -0.39 is 17.3 Å². The smallest absolute Gasteiger partial charge is 0.291 e. The van der Waals surface area contributed by atoms with Crippen LogP contribution in [0.5, 0.6) is 5.88 Å². The summed E-state index contributed by atoms with van der Waals surface area (Å²) in [5.41, 5.74) is -0.265. The quantitative estimate of drug-likeness (QED) is 0.650. The maximum atomic E-state index is 13.0. The Morgan fingerprint density at radius 2 is 2.12 bits per heavy atom. The van der Waals surface area contributed by atoms with Gasteiger partial charge in [-0.25, -0.2) is 0 Å². The molecule has 1 aliphatic carbocycles. The lowest BCUT2D eigenvalue weighted by Gasteiger charge is -2.17. The molecule has 0 spiro atoms. The van der Waals surface area contributed by atoms with Gasteiger partial charge in [-0.3, -0.25) is 19.0 Å². The van der Waals surface area contributed by atoms with Crippen molar-refractivity contribution in [2.45, 2.75) is 45.7 Å². The zero-order chi connectivity index (χ0) is 23.0. The van der Waals surface area contributed by atoms with Gasteiger partial charge in [0.25, 0.3) is 11.5 Å². The predicted molar refractivity (Wildman–Crippen MR) is 116 cm³/mol. The summed E-state index contributed by atoms with van der Waals surface area (Å²) in [5, 5.41) is 26.8. The van der Waals surface area contributed by atoms with Crippen LogP contribution in [0.4, 0.5) is 0 Å². The molecule has 2 aromatic heterocycles. The van der Waals surface area contributed by atoms with Crippen LogP contribution in [0.1, 0.15) is 49.0 Å². The zero-order valence-corrected chi connectivity index (χ0v) is 18.1. The van der Waals surface area contributed by atoms with Gasteiger partial charge in [0.2, 0.25) is 11.8 Å². The highest BCUT2D eigenvalue weighted by Crippen LogP contribution is 2.25. The molecule has 2 N–H and O–H groups in total. The Bertz CT molecular complexity index is 1200. The molecule has 4 rings (SSSR count). The van der Waals surface area contributed by atoms with Crippen LogP contribution in [0, 0.1) is 23.2 Å². The van der Waals surface area contributed by atoms with Gasteiger partial charge in [-0.1, -0.05) is 13.8 Å². The molecule has 168 valence electrons. The SMILES string of the molecule is CC(C)Cn1c(O)c(C(=O)NC2CC2)c(=O)n2ncc(/C=C/C(=O)N3CC[C@@H](C#N)C3)c12. The number of nitriles is 1. The number of nitrogens with zero attached hydrogens (tertiary/aromatic N) is 5. The molecule has 10 nitrogen and oxygen atoms in total. The van der Waals surface area contributed by atoms with Crippen LogP contribution in [0.2, 0.25) is 0 Å². The number of nitrogens with one attached hydrogen (secondary N) is 1. The Balaban J connectivity index is 1.73. The third kappa shape index (κ3) is 4.10. The molecule has 1 atom stereocenters. The first-order valence-corrected chi connectivity index (χ1v) is 10.8. The van der Waals surface area contributed by atoms with E-state index in [1.54, 1.807) is 11.0 Å². The molecule has 1 saturated carbocycles. The highest BCUT2D eigenvalue weighted by molar-refractivity contribution is 5.97. The van der Waals surface area contributed by atoms with Gasteiger partial charge in [0.15, 0.2) is 5.56 Å². The van der Waals surface area contributed by atoms with E-state index in [4.69, 9.17) is 5.26 Å². The Hall–Kier alpha value is -3.61. The van der Waals surface area contributed by atoms with E-state index in [1.165, 1.54) is 16.8 Å². The lowest BCUT2D eigenvalue weighted by molar-refractivity contribution is -0.125. The Labute approximate surface area is 184 Å². The van der Waals surface area contributed by atoms with Gasteiger partial charge in [-0.15, -0.1) is 0 Å². The number of carbonyl (C=O) groups is 2. The molecule has 2 amide bonds. The van der Waals surface area contributed by atoms with Crippen LogP contribution in [0.15, 0.2) is 17.1 Å². The monoisotopic (exact) mass is 438 g/mol. The van der Waals surface area contributed by atoms with Gasteiger partial charge >= 0.3 is 0 Å². The molecule has 2 aromatic rings. The molecule has 10 heteroatoms. The van der Waals surface area contributed by atoms with E-state index in [0.717, 1.165) is 17.4 Å². The van der Waals surface area contributed by atoms with Gasteiger partial charge in [0.1, 0.15) is 5.65 Å². The lowest BCUT2D eigenvalue weighted by atomic mass is 10.1. The fourth-order valence-electron chi connectivity index (χ4n) is 3.88. The maximum absolute atomic E-state index is 13.0. The van der Waals surface area contributed by atoms with E-state index in [1.807, 2.05) is 13.8 Å². The van der Waals surface area contributed by atoms with Crippen LogP contribution in [0.3, 0.4) is 0 Å². The summed E-state index contributed by atoms with van der Waals surface area (Å²) in [6.45, 7) is 5.16. The average molecular weight is 438 g/mol. The first kappa shape index (κ1) is 21.6. The van der Waals surface area contributed by atoms with Crippen molar-refractivity contribution in [2.24, 2.45) is 11.8 Å². The van der Waals surface area contributed by atoms with E-state index in [-0.39, 0.29) is 29.3 Å². The van der Waals surface area contributed by atoms with Gasteiger partial charge < -0.3 is 15.3 Å². The summed E-state index contributed by atoms with van der Waals surface area (Å²) < 4.78 is 2.59. The number of aromatic hydroxyl groups is 1. The van der Waals surface area contributed by atoms with Crippen molar-refractivity contribution < 1.29 is 14.7 Å². The van der Waals surface area contributed by atoms with Crippen molar-refractivity contribution in [1.82, 2.24) is 24.4 Å². The fourth-order valence-corrected chi connectivity index (χ4v) is 3.88. The molecule has 2 aliphatic rings. The number of fused-ring (bicyclic) bond motifs is 1. The summed E-state index contributed by atoms with van der Waals surface area (Å²) in [5.74, 6) is -1.31. The largest absolute Gasteiger partial charge is 0.494 e. The highest BCUT2D eigenvalue weighted by atomic mass is 16.3. The second kappa shape index (κ2) is 8.49. The minimum atomic E-state index is -0.710. The normalized spacial score (nSPS) is 18.6. The van der Waals surface area contributed by atoms with Crippen molar-refractivity contribution in [3.8, 4) is 11.9 Å². The second-order valence-corrected chi connectivity index (χ2v) is 8.82. The van der Waals surface area contributed by atoms with E-state index in [0.29, 0.717) is 37.3 Å². The fraction of sp³-hybridized carbons (Fsp3) is 0.500. The van der Waals surface area contributed by atoms with Crippen molar-refractivity contribution in [3.63, 3.8) is 0 Å². The molecule has 0 aromatic carbocycles. The summed E-state index contributed by atoms with van der Waals surface area (Å²) in [7, 11) is 0. The first-order valence-electron chi connectivity index (χ1n) is 10.8. The van der Waals surface area contributed by atoms with Crippen molar-refractivity contribution in [3.05, 3.63) is 33.8 Å². The van der Waals surface area contributed by atoms with Gasteiger partial charge in [0.05, 0.1) is 18.2 Å². The van der Waals surface area contributed by atoms with Crippen molar-refractivity contribution >= 4 is 23.5 Å². The summed E-state index contributed by atoms with van der Waals surface area (Å²) in [6.07, 6.45) is 6.72. The molecule has 1 saturated heterocycles. The van der Waals surface area contributed by atoms with Gasteiger partial charge in [-0.05, 0) is 31.3 Å². The molecule has 0 unspecified atom stereocenters. The van der Waals surface area contributed by atoms with Crippen LogP contribution in [0.25, 0.3) is 11.7 Å². The number of aromatic nitrogens is 3. The zero-order valence-electron chi connectivity index (χ0n) is 18.1. The van der Waals surface area contributed by atoms with Crippen LogP contribution in [-0.2, 0) is 11.3 Å². The van der Waals surface area contributed by atoms with Crippen LogP contribution < -0.4 is 10.9 Å². The van der Waals surface area contributed by atoms with Gasteiger partial charge in [-0.2, -0.15) is 14.9 Å². The Morgan fingerprint density at radius 3 is 2.75 bits per heavy atom. The lowest BCUT2D eigenvalue weighted by Crippen LogP contribution is -2.34. The summed E-state index contributed by atoms with van der Waals surface area (Å²) >= 11 is 0. The second-order valence-electron chi connectivity index (χ2n) is 8.82. The molecule has 2 fully saturated rings. The summed E-state index contributed by atoms with van der Waals surface area (Å²) in [6, 6.07) is 2.21. The molecule has 0 radical (unpaired) electrons. The minimum Gasteiger partial charge on any atom is -0.494 e. The van der Waals surface area contributed by atoms with E-state index >= 15 is 0 Å². The Kier molecular flexibility index (Phi) is 5.74. The number of hydrogen-bond acceptors (Lipinski definition) is 6. The number of hydrogen-bond donors (Lipinski definition) is 2. The predicted octanol–water partition coefficient (Wildman–Crippen LogP) is 1.14. The molecule has 1 aliphatic heterocycles. The first-order chi connectivity index (χ1) is 15.3. The standard InChI is InChI=1S/C22H26N6O4/c1-13(2)11-27-20-15(3-6-17(29)26-8-7-14(9-23)12-26)10-24-28(20)22(32)18(21(27)31)19(30)25-16-4-5-16/h3,6,10,13-14,16,31H,4-5,7-8,11-12H2,1-2H3,(H,25,30)/b6-3+/t14-/m0/s1. The number of rotatable bonds is 6. The summed E-state index contributed by atoms with van der Waals surface area (Å²) in [4.78, 5) is 39.7. The van der Waals surface area contributed by atoms with Crippen LogP contribution in [-0.4, -0.2) is 55.1 Å². The third-order valence-electron chi connectivity index (χ3n) is 5.69. The number of amides is 2. The molecular formula is C22H26N6O4. The minimum absolute atomic E-state index is 0.0314. The molecule has 3 heterocycles. The number of likely N-dealkylation sites (tertiary alicyclic amines) is 1. The topological polar surface area (TPSA) is 133 Å². The molecule has 0 bridgehead atoms. The van der Waals surface area contributed by atoms with Crippen LogP contribution >= 0.6 is 0 Å². The Morgan fingerprint density at radius 1 is 1.38 bits per heavy atom.